The van der Waals surface area contributed by atoms with Crippen LogP contribution in [0.4, 0.5) is 0 Å². The van der Waals surface area contributed by atoms with E-state index in [1.54, 1.807) is 0 Å². The van der Waals surface area contributed by atoms with E-state index in [1.807, 2.05) is 42.5 Å². The van der Waals surface area contributed by atoms with Crippen LogP contribution >= 0.6 is 11.8 Å². The maximum Gasteiger partial charge on any atom is 0.277 e. The molecule has 0 N–H and O–H groups in total. The molecule has 0 bridgehead atoms. The van der Waals surface area contributed by atoms with Gasteiger partial charge in [0, 0.05) is 12.0 Å². The van der Waals surface area contributed by atoms with Crippen molar-refractivity contribution in [1.29, 1.82) is 0 Å². The number of aromatic nitrogens is 2. The number of benzene rings is 2. The smallest absolute Gasteiger partial charge is 0.277 e. The number of carbonyl (C=O) groups excluding carboxylic acids is 1. The third-order valence-electron chi connectivity index (χ3n) is 4.52. The molecule has 0 radical (unpaired) electrons. The fourth-order valence-electron chi connectivity index (χ4n) is 2.80. The van der Waals surface area contributed by atoms with Crippen LogP contribution in [-0.2, 0) is 6.42 Å². The summed E-state index contributed by atoms with van der Waals surface area (Å²) in [6.07, 6.45) is 0.683. The second kappa shape index (κ2) is 9.00. The first kappa shape index (κ1) is 19.4. The van der Waals surface area contributed by atoms with E-state index < -0.39 is 0 Å². The second-order valence-electron chi connectivity index (χ2n) is 6.97. The fourth-order valence-corrected chi connectivity index (χ4v) is 3.48. The molecule has 0 aliphatic carbocycles. The van der Waals surface area contributed by atoms with Crippen LogP contribution < -0.4 is 0 Å². The third-order valence-corrected chi connectivity index (χ3v) is 5.34. The molecular formula is C22H24N2O2S. The molecule has 2 aromatic carbocycles. The molecule has 1 heterocycles. The van der Waals surface area contributed by atoms with Crippen LogP contribution in [0, 0.1) is 0 Å². The van der Waals surface area contributed by atoms with E-state index in [1.165, 1.54) is 22.9 Å². The normalized spacial score (nSPS) is 12.3. The van der Waals surface area contributed by atoms with Crippen molar-refractivity contribution in [3.63, 3.8) is 0 Å². The van der Waals surface area contributed by atoms with Crippen LogP contribution in [-0.4, -0.2) is 21.7 Å². The number of nitrogens with zero attached hydrogens (tertiary/aromatic N) is 2. The van der Waals surface area contributed by atoms with E-state index in [4.69, 9.17) is 4.42 Å². The van der Waals surface area contributed by atoms with Gasteiger partial charge in [-0.1, -0.05) is 87.1 Å². The standard InChI is InChI=1S/C22H24N2O2S/c1-15(2)17-9-11-19(12-10-17)20(25)14-27-22-24-23-21(26-22)13-16(3)18-7-5-4-6-8-18/h4-12,15-16H,13-14H2,1-3H3. The van der Waals surface area contributed by atoms with Crippen LogP contribution in [0.1, 0.15) is 60.0 Å². The van der Waals surface area contributed by atoms with Crippen LogP contribution in [0.25, 0.3) is 0 Å². The Balaban J connectivity index is 1.54. The lowest BCUT2D eigenvalue weighted by Crippen LogP contribution is -2.02. The second-order valence-corrected chi connectivity index (χ2v) is 7.89. The molecule has 5 heteroatoms. The maximum atomic E-state index is 12.4. The Morgan fingerprint density at radius 3 is 2.33 bits per heavy atom. The largest absolute Gasteiger partial charge is 0.416 e. The van der Waals surface area contributed by atoms with E-state index >= 15 is 0 Å². The quantitative estimate of drug-likeness (QED) is 0.381. The molecule has 140 valence electrons. The van der Waals surface area contributed by atoms with Gasteiger partial charge in [0.1, 0.15) is 0 Å². The number of ketones is 1. The minimum absolute atomic E-state index is 0.0627. The number of hydrogen-bond donors (Lipinski definition) is 0. The molecule has 1 unspecified atom stereocenters. The van der Waals surface area contributed by atoms with E-state index in [0.717, 1.165) is 0 Å². The summed E-state index contributed by atoms with van der Waals surface area (Å²) in [7, 11) is 0. The minimum atomic E-state index is 0.0627. The van der Waals surface area contributed by atoms with Gasteiger partial charge in [-0.2, -0.15) is 0 Å². The molecule has 0 aliphatic rings. The molecular weight excluding hydrogens is 356 g/mol. The predicted molar refractivity (Wildman–Crippen MR) is 108 cm³/mol. The first-order chi connectivity index (χ1) is 13.0. The molecule has 0 amide bonds. The summed E-state index contributed by atoms with van der Waals surface area (Å²) >= 11 is 1.29. The average Bonchev–Trinajstić information content (AvgIpc) is 3.14. The third kappa shape index (κ3) is 5.30. The van der Waals surface area contributed by atoms with Gasteiger partial charge in [-0.3, -0.25) is 4.79 Å². The Hall–Kier alpha value is -2.40. The van der Waals surface area contributed by atoms with Crippen molar-refractivity contribution in [3.05, 3.63) is 77.2 Å². The van der Waals surface area contributed by atoms with Crippen molar-refractivity contribution in [2.75, 3.05) is 5.75 Å². The van der Waals surface area contributed by atoms with Gasteiger partial charge >= 0.3 is 0 Å². The highest BCUT2D eigenvalue weighted by Crippen LogP contribution is 2.23. The predicted octanol–water partition coefficient (Wildman–Crippen LogP) is 5.51. The fraction of sp³-hybridized carbons (Fsp3) is 0.318. The molecule has 0 aliphatic heterocycles. The zero-order chi connectivity index (χ0) is 19.2. The lowest BCUT2D eigenvalue weighted by atomic mass is 9.98. The number of carbonyl (C=O) groups is 1. The lowest BCUT2D eigenvalue weighted by Gasteiger charge is -2.08. The van der Waals surface area contributed by atoms with E-state index in [-0.39, 0.29) is 11.5 Å². The SMILES string of the molecule is CC(C)c1ccc(C(=O)CSc2nnc(CC(C)c3ccccc3)o2)cc1. The molecule has 0 saturated carbocycles. The van der Waals surface area contributed by atoms with Gasteiger partial charge in [-0.15, -0.1) is 10.2 Å². The Morgan fingerprint density at radius 2 is 1.67 bits per heavy atom. The van der Waals surface area contributed by atoms with Gasteiger partial charge in [0.2, 0.25) is 5.89 Å². The Kier molecular flexibility index (Phi) is 6.45. The monoisotopic (exact) mass is 380 g/mol. The van der Waals surface area contributed by atoms with E-state index in [0.29, 0.717) is 34.9 Å². The number of Topliss-reactive ketones (excluding diaryl/α,β-unsaturated/α-hetero) is 1. The molecule has 1 atom stereocenters. The zero-order valence-corrected chi connectivity index (χ0v) is 16.7. The van der Waals surface area contributed by atoms with Gasteiger partial charge in [-0.25, -0.2) is 0 Å². The van der Waals surface area contributed by atoms with Gasteiger partial charge in [0.15, 0.2) is 5.78 Å². The average molecular weight is 381 g/mol. The highest BCUT2D eigenvalue weighted by molar-refractivity contribution is 7.99. The number of hydrogen-bond acceptors (Lipinski definition) is 5. The Morgan fingerprint density at radius 1 is 0.963 bits per heavy atom. The molecule has 4 nitrogen and oxygen atoms in total. The molecule has 3 aromatic rings. The maximum absolute atomic E-state index is 12.4. The summed E-state index contributed by atoms with van der Waals surface area (Å²) < 4.78 is 5.70. The van der Waals surface area contributed by atoms with Crippen molar-refractivity contribution >= 4 is 17.5 Å². The topological polar surface area (TPSA) is 56.0 Å². The van der Waals surface area contributed by atoms with Crippen molar-refractivity contribution in [3.8, 4) is 0 Å². The highest BCUT2D eigenvalue weighted by atomic mass is 32.2. The summed E-state index contributed by atoms with van der Waals surface area (Å²) in [5.41, 5.74) is 3.18. The van der Waals surface area contributed by atoms with Gasteiger partial charge < -0.3 is 4.42 Å². The molecule has 1 aromatic heterocycles. The number of thioether (sulfide) groups is 1. The van der Waals surface area contributed by atoms with Crippen molar-refractivity contribution in [2.24, 2.45) is 0 Å². The van der Waals surface area contributed by atoms with Gasteiger partial charge in [0.05, 0.1) is 5.75 Å². The van der Waals surface area contributed by atoms with Crippen LogP contribution in [0.5, 0.6) is 0 Å². The van der Waals surface area contributed by atoms with Gasteiger partial charge in [0.25, 0.3) is 5.22 Å². The van der Waals surface area contributed by atoms with Crippen LogP contribution in [0.2, 0.25) is 0 Å². The lowest BCUT2D eigenvalue weighted by molar-refractivity contribution is 0.102. The number of rotatable bonds is 8. The summed E-state index contributed by atoms with van der Waals surface area (Å²) in [6.45, 7) is 6.41. The Bertz CT molecular complexity index is 873. The van der Waals surface area contributed by atoms with Gasteiger partial charge in [-0.05, 0) is 23.0 Å². The zero-order valence-electron chi connectivity index (χ0n) is 15.9. The van der Waals surface area contributed by atoms with Crippen LogP contribution in [0.15, 0.2) is 64.2 Å². The van der Waals surface area contributed by atoms with E-state index in [2.05, 4.69) is 43.1 Å². The van der Waals surface area contributed by atoms with Crippen molar-refractivity contribution in [1.82, 2.24) is 10.2 Å². The molecule has 27 heavy (non-hydrogen) atoms. The first-order valence-corrected chi connectivity index (χ1v) is 10.1. The van der Waals surface area contributed by atoms with Crippen molar-refractivity contribution < 1.29 is 9.21 Å². The highest BCUT2D eigenvalue weighted by Gasteiger charge is 2.14. The summed E-state index contributed by atoms with van der Waals surface area (Å²) in [5.74, 6) is 1.70. The molecule has 0 spiro atoms. The van der Waals surface area contributed by atoms with Crippen LogP contribution in [0.3, 0.4) is 0 Å². The molecule has 0 fully saturated rings. The molecule has 3 rings (SSSR count). The summed E-state index contributed by atoms with van der Waals surface area (Å²) in [6, 6.07) is 18.1. The minimum Gasteiger partial charge on any atom is -0.416 e. The Labute approximate surface area is 164 Å². The van der Waals surface area contributed by atoms with Crippen molar-refractivity contribution in [2.45, 2.75) is 44.3 Å². The first-order valence-electron chi connectivity index (χ1n) is 9.16. The van der Waals surface area contributed by atoms with E-state index in [9.17, 15) is 4.79 Å². The summed E-state index contributed by atoms with van der Waals surface area (Å²) in [5, 5.41) is 8.62. The molecule has 0 saturated heterocycles. The summed E-state index contributed by atoms with van der Waals surface area (Å²) in [4.78, 5) is 12.4.